The smallest absolute Gasteiger partial charge is 0.340 e. The van der Waals surface area contributed by atoms with Crippen LogP contribution in [0.3, 0.4) is 0 Å². The summed E-state index contributed by atoms with van der Waals surface area (Å²) in [4.78, 5) is 15.6. The van der Waals surface area contributed by atoms with Crippen LogP contribution in [0.1, 0.15) is 10.4 Å². The molecule has 0 amide bonds. The second-order valence-electron chi connectivity index (χ2n) is 3.75. The van der Waals surface area contributed by atoms with Crippen molar-refractivity contribution in [2.24, 2.45) is 0 Å². The van der Waals surface area contributed by atoms with E-state index in [0.717, 1.165) is 0 Å². The van der Waals surface area contributed by atoms with E-state index >= 15 is 0 Å². The molecule has 5 nitrogen and oxygen atoms in total. The van der Waals surface area contributed by atoms with Gasteiger partial charge in [-0.25, -0.2) is 9.78 Å². The minimum absolute atomic E-state index is 0.257. The molecule has 0 aliphatic carbocycles. The maximum atomic E-state index is 11.5. The molecule has 0 aliphatic rings. The van der Waals surface area contributed by atoms with Gasteiger partial charge in [0.2, 0.25) is 0 Å². The number of carbonyl (C=O) groups is 1. The summed E-state index contributed by atoms with van der Waals surface area (Å²) in [6.45, 7) is 0. The molecule has 6 heteroatoms. The van der Waals surface area contributed by atoms with Crippen molar-refractivity contribution in [3.63, 3.8) is 0 Å². The monoisotopic (exact) mass is 277 g/mol. The first kappa shape index (κ1) is 13.2. The van der Waals surface area contributed by atoms with Crippen LogP contribution in [-0.2, 0) is 4.74 Å². The predicted octanol–water partition coefficient (Wildman–Crippen LogP) is 2.85. The van der Waals surface area contributed by atoms with Gasteiger partial charge in [-0.2, -0.15) is 0 Å². The van der Waals surface area contributed by atoms with Gasteiger partial charge in [0.25, 0.3) is 0 Å². The number of esters is 1. The highest BCUT2D eigenvalue weighted by Gasteiger charge is 2.12. The molecule has 0 saturated carbocycles. The van der Waals surface area contributed by atoms with Gasteiger partial charge >= 0.3 is 5.97 Å². The standard InChI is InChI=1S/C13H12ClN3O2/c1-19-13(18)8-6-12(16-7-10(8)15)17-11-5-3-2-4-9(11)14/h2-7H,15H2,1H3,(H,16,17). The summed E-state index contributed by atoms with van der Waals surface area (Å²) in [5, 5.41) is 3.57. The Bertz CT molecular complexity index is 617. The number of aromatic nitrogens is 1. The lowest BCUT2D eigenvalue weighted by atomic mass is 10.2. The van der Waals surface area contributed by atoms with Crippen LogP contribution in [0.4, 0.5) is 17.2 Å². The van der Waals surface area contributed by atoms with Crippen molar-refractivity contribution < 1.29 is 9.53 Å². The first-order valence-electron chi connectivity index (χ1n) is 5.47. The Morgan fingerprint density at radius 1 is 1.42 bits per heavy atom. The quantitative estimate of drug-likeness (QED) is 0.844. The maximum Gasteiger partial charge on any atom is 0.340 e. The molecule has 0 fully saturated rings. The molecule has 0 saturated heterocycles. The van der Waals surface area contributed by atoms with E-state index in [2.05, 4.69) is 15.0 Å². The fourth-order valence-corrected chi connectivity index (χ4v) is 1.70. The number of nitrogen functional groups attached to an aromatic ring is 1. The number of nitrogens with one attached hydrogen (secondary N) is 1. The average molecular weight is 278 g/mol. The average Bonchev–Trinajstić information content (AvgIpc) is 2.42. The third-order valence-corrected chi connectivity index (χ3v) is 2.81. The number of anilines is 3. The molecule has 2 rings (SSSR count). The lowest BCUT2D eigenvalue weighted by Crippen LogP contribution is -2.07. The zero-order valence-electron chi connectivity index (χ0n) is 10.2. The highest BCUT2D eigenvalue weighted by molar-refractivity contribution is 6.33. The highest BCUT2D eigenvalue weighted by Crippen LogP contribution is 2.25. The van der Waals surface area contributed by atoms with E-state index in [1.165, 1.54) is 19.4 Å². The molecular formula is C13H12ClN3O2. The Morgan fingerprint density at radius 2 is 2.16 bits per heavy atom. The number of pyridine rings is 1. The van der Waals surface area contributed by atoms with Gasteiger partial charge in [-0.1, -0.05) is 23.7 Å². The number of nitrogens with zero attached hydrogens (tertiary/aromatic N) is 1. The summed E-state index contributed by atoms with van der Waals surface area (Å²) < 4.78 is 4.65. The van der Waals surface area contributed by atoms with Gasteiger partial charge in [0, 0.05) is 0 Å². The highest BCUT2D eigenvalue weighted by atomic mass is 35.5. The molecule has 3 N–H and O–H groups in total. The summed E-state index contributed by atoms with van der Waals surface area (Å²) in [7, 11) is 1.30. The van der Waals surface area contributed by atoms with Crippen molar-refractivity contribution in [1.29, 1.82) is 0 Å². The molecule has 2 aromatic rings. The van der Waals surface area contributed by atoms with E-state index in [4.69, 9.17) is 17.3 Å². The van der Waals surface area contributed by atoms with Crippen LogP contribution in [0.15, 0.2) is 36.5 Å². The lowest BCUT2D eigenvalue weighted by molar-refractivity contribution is 0.0602. The van der Waals surface area contributed by atoms with E-state index < -0.39 is 5.97 Å². The fourth-order valence-electron chi connectivity index (χ4n) is 1.52. The number of para-hydroxylation sites is 1. The van der Waals surface area contributed by atoms with Crippen molar-refractivity contribution in [2.45, 2.75) is 0 Å². The molecule has 98 valence electrons. The van der Waals surface area contributed by atoms with Crippen LogP contribution in [-0.4, -0.2) is 18.1 Å². The van der Waals surface area contributed by atoms with E-state index in [0.29, 0.717) is 16.5 Å². The number of halogens is 1. The molecule has 0 aliphatic heterocycles. The topological polar surface area (TPSA) is 77.2 Å². The minimum Gasteiger partial charge on any atom is -0.465 e. The van der Waals surface area contributed by atoms with Gasteiger partial charge in [0.15, 0.2) is 0 Å². The van der Waals surface area contributed by atoms with Gasteiger partial charge in [0.05, 0.1) is 35.3 Å². The molecule has 1 aromatic heterocycles. The molecular weight excluding hydrogens is 266 g/mol. The summed E-state index contributed by atoms with van der Waals surface area (Å²) in [5.74, 6) is -0.0511. The zero-order chi connectivity index (χ0) is 13.8. The first-order valence-corrected chi connectivity index (χ1v) is 5.85. The van der Waals surface area contributed by atoms with Crippen LogP contribution in [0.2, 0.25) is 5.02 Å². The normalized spacial score (nSPS) is 10.0. The molecule has 1 heterocycles. The third kappa shape index (κ3) is 2.95. The Labute approximate surface area is 115 Å². The Hall–Kier alpha value is -2.27. The van der Waals surface area contributed by atoms with Crippen molar-refractivity contribution >= 4 is 34.8 Å². The first-order chi connectivity index (χ1) is 9.11. The Morgan fingerprint density at radius 3 is 2.84 bits per heavy atom. The minimum atomic E-state index is -0.512. The van der Waals surface area contributed by atoms with Crippen molar-refractivity contribution in [3.05, 3.63) is 47.1 Å². The molecule has 0 bridgehead atoms. The van der Waals surface area contributed by atoms with E-state index in [1.807, 2.05) is 12.1 Å². The van der Waals surface area contributed by atoms with E-state index in [1.54, 1.807) is 12.1 Å². The number of hydrogen-bond donors (Lipinski definition) is 2. The zero-order valence-corrected chi connectivity index (χ0v) is 10.9. The van der Waals surface area contributed by atoms with Crippen LogP contribution in [0, 0.1) is 0 Å². The van der Waals surface area contributed by atoms with Gasteiger partial charge in [-0.15, -0.1) is 0 Å². The fraction of sp³-hybridized carbons (Fsp3) is 0.0769. The Kier molecular flexibility index (Phi) is 3.87. The number of methoxy groups -OCH3 is 1. The number of rotatable bonds is 3. The van der Waals surface area contributed by atoms with Crippen LogP contribution < -0.4 is 11.1 Å². The maximum absolute atomic E-state index is 11.5. The second kappa shape index (κ2) is 5.58. The molecule has 0 atom stereocenters. The molecule has 19 heavy (non-hydrogen) atoms. The van der Waals surface area contributed by atoms with Crippen molar-refractivity contribution in [1.82, 2.24) is 4.98 Å². The summed E-state index contributed by atoms with van der Waals surface area (Å²) >= 11 is 6.03. The molecule has 1 aromatic carbocycles. The molecule has 0 spiro atoms. The molecule has 0 unspecified atom stereocenters. The van der Waals surface area contributed by atoms with Gasteiger partial charge in [0.1, 0.15) is 5.82 Å². The Balaban J connectivity index is 2.32. The number of hydrogen-bond acceptors (Lipinski definition) is 5. The van der Waals surface area contributed by atoms with Gasteiger partial charge in [-0.3, -0.25) is 0 Å². The lowest BCUT2D eigenvalue weighted by Gasteiger charge is -2.09. The van der Waals surface area contributed by atoms with Crippen molar-refractivity contribution in [2.75, 3.05) is 18.2 Å². The summed E-state index contributed by atoms with van der Waals surface area (Å²) in [5.41, 5.74) is 6.88. The van der Waals surface area contributed by atoms with Gasteiger partial charge in [-0.05, 0) is 18.2 Å². The third-order valence-electron chi connectivity index (χ3n) is 2.48. The van der Waals surface area contributed by atoms with Crippen LogP contribution >= 0.6 is 11.6 Å². The summed E-state index contributed by atoms with van der Waals surface area (Å²) in [6, 6.07) is 8.74. The summed E-state index contributed by atoms with van der Waals surface area (Å²) in [6.07, 6.45) is 1.39. The SMILES string of the molecule is COC(=O)c1cc(Nc2ccccc2Cl)ncc1N. The molecule has 0 radical (unpaired) electrons. The number of nitrogens with two attached hydrogens (primary N) is 1. The van der Waals surface area contributed by atoms with E-state index in [-0.39, 0.29) is 11.3 Å². The van der Waals surface area contributed by atoms with Crippen LogP contribution in [0.5, 0.6) is 0 Å². The van der Waals surface area contributed by atoms with Crippen molar-refractivity contribution in [3.8, 4) is 0 Å². The van der Waals surface area contributed by atoms with E-state index in [9.17, 15) is 4.79 Å². The number of carbonyl (C=O) groups excluding carboxylic acids is 1. The van der Waals surface area contributed by atoms with Crippen LogP contribution in [0.25, 0.3) is 0 Å². The predicted molar refractivity (Wildman–Crippen MR) is 74.7 cm³/mol. The number of benzene rings is 1. The largest absolute Gasteiger partial charge is 0.465 e. The second-order valence-corrected chi connectivity index (χ2v) is 4.16. The van der Waals surface area contributed by atoms with Gasteiger partial charge < -0.3 is 15.8 Å². The number of ether oxygens (including phenoxy) is 1.